The van der Waals surface area contributed by atoms with E-state index in [1.807, 2.05) is 0 Å². The first-order valence-corrected chi connectivity index (χ1v) is 7.57. The lowest BCUT2D eigenvalue weighted by Crippen LogP contribution is -2.34. The number of non-ortho nitro benzene ring substituents is 1. The van der Waals surface area contributed by atoms with Gasteiger partial charge in [0.1, 0.15) is 11.9 Å². The number of hydrogen-bond donors (Lipinski definition) is 1. The van der Waals surface area contributed by atoms with E-state index in [9.17, 15) is 24.1 Å². The molecular weight excluding hydrogens is 353 g/mol. The van der Waals surface area contributed by atoms with E-state index in [-0.39, 0.29) is 22.8 Å². The molecular formula is C16H11ClFN3O4. The number of anilines is 2. The van der Waals surface area contributed by atoms with E-state index < -0.39 is 28.6 Å². The topological polar surface area (TPSA) is 92.5 Å². The lowest BCUT2D eigenvalue weighted by molar-refractivity contribution is -0.384. The fourth-order valence-electron chi connectivity index (χ4n) is 2.55. The second-order valence-electron chi connectivity index (χ2n) is 5.37. The molecule has 128 valence electrons. The number of nitro benzene ring substituents is 1. The largest absolute Gasteiger partial charge is 0.373 e. The molecule has 1 aliphatic rings. The zero-order chi connectivity index (χ0) is 18.1. The van der Waals surface area contributed by atoms with E-state index in [1.54, 1.807) is 6.07 Å². The Kier molecular flexibility index (Phi) is 4.37. The van der Waals surface area contributed by atoms with Gasteiger partial charge in [0.15, 0.2) is 0 Å². The van der Waals surface area contributed by atoms with Gasteiger partial charge in [-0.1, -0.05) is 17.7 Å². The number of amides is 2. The van der Waals surface area contributed by atoms with Crippen LogP contribution in [0.2, 0.25) is 5.02 Å². The Morgan fingerprint density at radius 1 is 1.24 bits per heavy atom. The smallest absolute Gasteiger partial charge is 0.271 e. The number of benzene rings is 2. The SMILES string of the molecule is O=C1C[C@@H](Nc2cccc([N+](=O)[O-])c2)C(=O)N1c1ccc(F)c(Cl)c1. The summed E-state index contributed by atoms with van der Waals surface area (Å²) in [6, 6.07) is 8.30. The van der Waals surface area contributed by atoms with E-state index in [0.29, 0.717) is 5.69 Å². The van der Waals surface area contributed by atoms with Crippen molar-refractivity contribution < 1.29 is 18.9 Å². The number of nitrogens with one attached hydrogen (secondary N) is 1. The van der Waals surface area contributed by atoms with Crippen molar-refractivity contribution in [1.82, 2.24) is 0 Å². The van der Waals surface area contributed by atoms with Crippen molar-refractivity contribution in [3.05, 3.63) is 63.4 Å². The molecule has 0 bridgehead atoms. The van der Waals surface area contributed by atoms with E-state index in [2.05, 4.69) is 5.32 Å². The summed E-state index contributed by atoms with van der Waals surface area (Å²) in [6.45, 7) is 0. The van der Waals surface area contributed by atoms with Crippen LogP contribution in [0.5, 0.6) is 0 Å². The third kappa shape index (κ3) is 3.29. The van der Waals surface area contributed by atoms with E-state index in [1.165, 1.54) is 30.3 Å². The fourth-order valence-corrected chi connectivity index (χ4v) is 2.73. The van der Waals surface area contributed by atoms with Crippen LogP contribution in [0, 0.1) is 15.9 Å². The van der Waals surface area contributed by atoms with Crippen molar-refractivity contribution in [1.29, 1.82) is 0 Å². The maximum atomic E-state index is 13.3. The number of imide groups is 1. The average Bonchev–Trinajstić information content (AvgIpc) is 2.84. The van der Waals surface area contributed by atoms with Gasteiger partial charge in [0, 0.05) is 17.8 Å². The van der Waals surface area contributed by atoms with Crippen molar-refractivity contribution in [2.75, 3.05) is 10.2 Å². The van der Waals surface area contributed by atoms with Gasteiger partial charge in [-0.3, -0.25) is 19.7 Å². The second kappa shape index (κ2) is 6.48. The minimum atomic E-state index is -0.877. The van der Waals surface area contributed by atoms with Gasteiger partial charge in [-0.05, 0) is 24.3 Å². The maximum absolute atomic E-state index is 13.3. The summed E-state index contributed by atoms with van der Waals surface area (Å²) >= 11 is 5.70. The summed E-state index contributed by atoms with van der Waals surface area (Å²) < 4.78 is 13.3. The van der Waals surface area contributed by atoms with Crippen LogP contribution in [0.15, 0.2) is 42.5 Å². The minimum absolute atomic E-state index is 0.128. The Morgan fingerprint density at radius 2 is 2.00 bits per heavy atom. The van der Waals surface area contributed by atoms with Gasteiger partial charge in [0.2, 0.25) is 5.91 Å². The van der Waals surface area contributed by atoms with Crippen LogP contribution in [0.3, 0.4) is 0 Å². The minimum Gasteiger partial charge on any atom is -0.373 e. The molecule has 1 fully saturated rings. The van der Waals surface area contributed by atoms with Gasteiger partial charge < -0.3 is 5.32 Å². The molecule has 2 aromatic carbocycles. The zero-order valence-corrected chi connectivity index (χ0v) is 13.4. The van der Waals surface area contributed by atoms with Crippen molar-refractivity contribution in [3.63, 3.8) is 0 Å². The van der Waals surface area contributed by atoms with Crippen LogP contribution in [0.25, 0.3) is 0 Å². The Morgan fingerprint density at radius 3 is 2.68 bits per heavy atom. The summed E-state index contributed by atoms with van der Waals surface area (Å²) in [5.74, 6) is -1.68. The lowest BCUT2D eigenvalue weighted by Gasteiger charge is -2.16. The summed E-state index contributed by atoms with van der Waals surface area (Å²) in [7, 11) is 0. The quantitative estimate of drug-likeness (QED) is 0.512. The number of carbonyl (C=O) groups is 2. The molecule has 3 rings (SSSR count). The van der Waals surface area contributed by atoms with Crippen molar-refractivity contribution in [2.45, 2.75) is 12.5 Å². The van der Waals surface area contributed by atoms with Crippen LogP contribution in [-0.2, 0) is 9.59 Å². The standard InChI is InChI=1S/C16H11ClFN3O4/c17-12-7-10(4-5-13(12)18)20-15(22)8-14(16(20)23)19-9-2-1-3-11(6-9)21(24)25/h1-7,14,19H,8H2/t14-/m1/s1. The van der Waals surface area contributed by atoms with Crippen molar-refractivity contribution >= 4 is 40.5 Å². The molecule has 0 radical (unpaired) electrons. The van der Waals surface area contributed by atoms with Gasteiger partial charge in [-0.15, -0.1) is 0 Å². The number of nitrogens with zero attached hydrogens (tertiary/aromatic N) is 2. The van der Waals surface area contributed by atoms with Crippen LogP contribution >= 0.6 is 11.6 Å². The molecule has 0 spiro atoms. The van der Waals surface area contributed by atoms with E-state index >= 15 is 0 Å². The van der Waals surface area contributed by atoms with E-state index in [4.69, 9.17) is 11.6 Å². The Labute approximate surface area is 146 Å². The molecule has 1 aliphatic heterocycles. The molecule has 0 unspecified atom stereocenters. The number of carbonyl (C=O) groups excluding carboxylic acids is 2. The zero-order valence-electron chi connectivity index (χ0n) is 12.6. The highest BCUT2D eigenvalue weighted by molar-refractivity contribution is 6.31. The Hall–Kier alpha value is -3.00. The van der Waals surface area contributed by atoms with Gasteiger partial charge in [0.05, 0.1) is 22.1 Å². The predicted molar refractivity (Wildman–Crippen MR) is 89.0 cm³/mol. The highest BCUT2D eigenvalue weighted by atomic mass is 35.5. The molecule has 0 saturated carbocycles. The monoisotopic (exact) mass is 363 g/mol. The predicted octanol–water partition coefficient (Wildman–Crippen LogP) is 3.13. The molecule has 1 heterocycles. The van der Waals surface area contributed by atoms with Gasteiger partial charge in [-0.2, -0.15) is 0 Å². The first kappa shape index (κ1) is 16.8. The summed E-state index contributed by atoms with van der Waals surface area (Å²) in [6.07, 6.45) is -0.128. The molecule has 2 amide bonds. The summed E-state index contributed by atoms with van der Waals surface area (Å²) in [4.78, 5) is 35.9. The summed E-state index contributed by atoms with van der Waals surface area (Å²) in [5, 5.41) is 13.4. The molecule has 7 nitrogen and oxygen atoms in total. The normalized spacial score (nSPS) is 17.0. The number of rotatable bonds is 4. The molecule has 9 heteroatoms. The molecule has 0 aliphatic carbocycles. The highest BCUT2D eigenvalue weighted by Gasteiger charge is 2.39. The van der Waals surface area contributed by atoms with E-state index in [0.717, 1.165) is 11.0 Å². The van der Waals surface area contributed by atoms with Crippen molar-refractivity contribution in [3.8, 4) is 0 Å². The molecule has 1 atom stereocenters. The number of halogens is 2. The molecule has 0 aromatic heterocycles. The molecule has 2 aromatic rings. The Balaban J connectivity index is 1.82. The van der Waals surface area contributed by atoms with Crippen LogP contribution in [0.4, 0.5) is 21.5 Å². The first-order chi connectivity index (χ1) is 11.9. The number of hydrogen-bond acceptors (Lipinski definition) is 5. The first-order valence-electron chi connectivity index (χ1n) is 7.19. The molecule has 1 saturated heterocycles. The average molecular weight is 364 g/mol. The number of nitro groups is 1. The van der Waals surface area contributed by atoms with Crippen LogP contribution in [-0.4, -0.2) is 22.8 Å². The Bertz CT molecular complexity index is 889. The van der Waals surface area contributed by atoms with Crippen LogP contribution < -0.4 is 10.2 Å². The van der Waals surface area contributed by atoms with Gasteiger partial charge in [0.25, 0.3) is 11.6 Å². The molecule has 1 N–H and O–H groups in total. The van der Waals surface area contributed by atoms with Crippen LogP contribution in [0.1, 0.15) is 6.42 Å². The van der Waals surface area contributed by atoms with Gasteiger partial charge >= 0.3 is 0 Å². The fraction of sp³-hybridized carbons (Fsp3) is 0.125. The van der Waals surface area contributed by atoms with Crippen molar-refractivity contribution in [2.24, 2.45) is 0 Å². The molecule has 25 heavy (non-hydrogen) atoms. The third-order valence-electron chi connectivity index (χ3n) is 3.71. The highest BCUT2D eigenvalue weighted by Crippen LogP contribution is 2.29. The third-order valence-corrected chi connectivity index (χ3v) is 4.00. The second-order valence-corrected chi connectivity index (χ2v) is 5.78. The maximum Gasteiger partial charge on any atom is 0.271 e. The lowest BCUT2D eigenvalue weighted by atomic mass is 10.2. The van der Waals surface area contributed by atoms with Gasteiger partial charge in [-0.25, -0.2) is 9.29 Å². The summed E-state index contributed by atoms with van der Waals surface area (Å²) in [5.41, 5.74) is 0.382.